The molecule has 0 aromatic rings. The van der Waals surface area contributed by atoms with Gasteiger partial charge >= 0.3 is 0 Å². The summed E-state index contributed by atoms with van der Waals surface area (Å²) in [6.45, 7) is 2.70. The molecule has 0 amide bonds. The summed E-state index contributed by atoms with van der Waals surface area (Å²) in [4.78, 5) is 0. The molecule has 0 aromatic carbocycles. The van der Waals surface area contributed by atoms with Crippen LogP contribution >= 0.6 is 0 Å². The molecule has 0 rings (SSSR count). The molecule has 0 fully saturated rings. The van der Waals surface area contributed by atoms with Crippen LogP contribution in [0.1, 0.15) is 25.7 Å². The minimum Gasteiger partial charge on any atom is -0.385 e. The Morgan fingerprint density at radius 1 is 1.25 bits per heavy atom. The molecule has 1 N–H and O–H groups in total. The lowest BCUT2D eigenvalue weighted by molar-refractivity contribution is 0.192. The molecular formula is C9H18N2O. The molecule has 0 bridgehead atoms. The van der Waals surface area contributed by atoms with E-state index in [1.165, 1.54) is 12.8 Å². The maximum atomic E-state index is 8.23. The Labute approximate surface area is 74.7 Å². The van der Waals surface area contributed by atoms with Crippen LogP contribution in [0.5, 0.6) is 0 Å². The SMILES string of the molecule is COCCCCCNCCC#N. The monoisotopic (exact) mass is 170 g/mol. The van der Waals surface area contributed by atoms with Gasteiger partial charge in [0.2, 0.25) is 0 Å². The van der Waals surface area contributed by atoms with Crippen LogP contribution < -0.4 is 5.32 Å². The largest absolute Gasteiger partial charge is 0.385 e. The first kappa shape index (κ1) is 11.4. The van der Waals surface area contributed by atoms with E-state index in [2.05, 4.69) is 11.4 Å². The number of nitrogens with zero attached hydrogens (tertiary/aromatic N) is 1. The predicted molar refractivity (Wildman–Crippen MR) is 48.8 cm³/mol. The molecule has 0 atom stereocenters. The van der Waals surface area contributed by atoms with Gasteiger partial charge in [-0.2, -0.15) is 5.26 Å². The number of rotatable bonds is 8. The van der Waals surface area contributed by atoms with E-state index in [1.807, 2.05) is 0 Å². The lowest BCUT2D eigenvalue weighted by atomic mass is 10.2. The highest BCUT2D eigenvalue weighted by atomic mass is 16.5. The zero-order valence-electron chi connectivity index (χ0n) is 7.81. The minimum atomic E-state index is 0.609. The maximum absolute atomic E-state index is 8.23. The van der Waals surface area contributed by atoms with E-state index >= 15 is 0 Å². The van der Waals surface area contributed by atoms with E-state index in [0.29, 0.717) is 6.42 Å². The highest BCUT2D eigenvalue weighted by Gasteiger charge is 1.88. The van der Waals surface area contributed by atoms with Crippen LogP contribution in [0.3, 0.4) is 0 Å². The van der Waals surface area contributed by atoms with Crippen molar-refractivity contribution < 1.29 is 4.74 Å². The Morgan fingerprint density at radius 3 is 2.75 bits per heavy atom. The molecule has 0 aromatic heterocycles. The maximum Gasteiger partial charge on any atom is 0.0635 e. The summed E-state index contributed by atoms with van der Waals surface area (Å²) in [7, 11) is 1.73. The van der Waals surface area contributed by atoms with E-state index < -0.39 is 0 Å². The van der Waals surface area contributed by atoms with Gasteiger partial charge in [-0.25, -0.2) is 0 Å². The van der Waals surface area contributed by atoms with Gasteiger partial charge in [-0.15, -0.1) is 0 Å². The molecule has 0 radical (unpaired) electrons. The first-order chi connectivity index (χ1) is 5.91. The number of hydrogen-bond donors (Lipinski definition) is 1. The summed E-state index contributed by atoms with van der Waals surface area (Å²) in [5.74, 6) is 0. The summed E-state index contributed by atoms with van der Waals surface area (Å²) in [5, 5.41) is 11.4. The third-order valence-electron chi connectivity index (χ3n) is 1.62. The van der Waals surface area contributed by atoms with Crippen LogP contribution in [-0.2, 0) is 4.74 Å². The smallest absolute Gasteiger partial charge is 0.0635 e. The third kappa shape index (κ3) is 9.41. The second kappa shape index (κ2) is 10.4. The molecule has 3 heteroatoms. The average molecular weight is 170 g/mol. The Balaban J connectivity index is 2.78. The minimum absolute atomic E-state index is 0.609. The van der Waals surface area contributed by atoms with Crippen molar-refractivity contribution in [2.75, 3.05) is 26.8 Å². The van der Waals surface area contributed by atoms with E-state index in [4.69, 9.17) is 10.00 Å². The van der Waals surface area contributed by atoms with Crippen molar-refractivity contribution in [3.63, 3.8) is 0 Å². The molecular weight excluding hydrogens is 152 g/mol. The van der Waals surface area contributed by atoms with Crippen molar-refractivity contribution in [2.45, 2.75) is 25.7 Å². The number of methoxy groups -OCH3 is 1. The molecule has 0 unspecified atom stereocenters. The third-order valence-corrected chi connectivity index (χ3v) is 1.62. The first-order valence-corrected chi connectivity index (χ1v) is 4.48. The summed E-state index contributed by atoms with van der Waals surface area (Å²) in [6.07, 6.45) is 4.12. The van der Waals surface area contributed by atoms with Gasteiger partial charge < -0.3 is 10.1 Å². The van der Waals surface area contributed by atoms with Gasteiger partial charge in [0.05, 0.1) is 6.07 Å². The van der Waals surface area contributed by atoms with Crippen molar-refractivity contribution in [1.29, 1.82) is 5.26 Å². The Kier molecular flexibility index (Phi) is 9.90. The van der Waals surface area contributed by atoms with Crippen molar-refractivity contribution in [3.05, 3.63) is 0 Å². The lowest BCUT2D eigenvalue weighted by Gasteiger charge is -2.01. The van der Waals surface area contributed by atoms with Crippen molar-refractivity contribution in [2.24, 2.45) is 0 Å². The van der Waals surface area contributed by atoms with Crippen LogP contribution in [0.2, 0.25) is 0 Å². The van der Waals surface area contributed by atoms with Crippen LogP contribution in [0.15, 0.2) is 0 Å². The summed E-state index contributed by atoms with van der Waals surface area (Å²) in [5.41, 5.74) is 0. The van der Waals surface area contributed by atoms with Gasteiger partial charge in [-0.3, -0.25) is 0 Å². The van der Waals surface area contributed by atoms with Crippen LogP contribution in [0, 0.1) is 11.3 Å². The van der Waals surface area contributed by atoms with E-state index in [1.54, 1.807) is 7.11 Å². The number of nitrogens with one attached hydrogen (secondary N) is 1. The van der Waals surface area contributed by atoms with Crippen LogP contribution in [0.25, 0.3) is 0 Å². The molecule has 0 aliphatic rings. The van der Waals surface area contributed by atoms with Gasteiger partial charge in [-0.1, -0.05) is 0 Å². The second-order valence-electron chi connectivity index (χ2n) is 2.71. The Hall–Kier alpha value is -0.590. The van der Waals surface area contributed by atoms with E-state index in [0.717, 1.165) is 26.1 Å². The summed E-state index contributed by atoms with van der Waals surface area (Å²) in [6, 6.07) is 2.10. The van der Waals surface area contributed by atoms with Gasteiger partial charge in [0.25, 0.3) is 0 Å². The molecule has 0 spiro atoms. The summed E-state index contributed by atoms with van der Waals surface area (Å²) >= 11 is 0. The van der Waals surface area contributed by atoms with E-state index in [9.17, 15) is 0 Å². The standard InChI is InChI=1S/C9H18N2O/c1-12-9-4-2-3-7-11-8-5-6-10/h11H,2-5,7-9H2,1H3. The summed E-state index contributed by atoms with van der Waals surface area (Å²) < 4.78 is 4.92. The fraction of sp³-hybridized carbons (Fsp3) is 0.889. The molecule has 3 nitrogen and oxygen atoms in total. The molecule has 0 heterocycles. The van der Waals surface area contributed by atoms with Gasteiger partial charge in [-0.05, 0) is 25.8 Å². The second-order valence-corrected chi connectivity index (χ2v) is 2.71. The van der Waals surface area contributed by atoms with Gasteiger partial charge in [0, 0.05) is 26.7 Å². The highest BCUT2D eigenvalue weighted by Crippen LogP contribution is 1.93. The lowest BCUT2D eigenvalue weighted by Crippen LogP contribution is -2.16. The molecule has 0 saturated carbocycles. The van der Waals surface area contributed by atoms with Crippen molar-refractivity contribution >= 4 is 0 Å². The highest BCUT2D eigenvalue weighted by molar-refractivity contribution is 4.69. The Bertz CT molecular complexity index is 120. The zero-order valence-corrected chi connectivity index (χ0v) is 7.81. The van der Waals surface area contributed by atoms with E-state index in [-0.39, 0.29) is 0 Å². The van der Waals surface area contributed by atoms with Crippen LogP contribution in [0.4, 0.5) is 0 Å². The average Bonchev–Trinajstić information content (AvgIpc) is 2.10. The molecule has 0 saturated heterocycles. The molecule has 0 aliphatic heterocycles. The molecule has 0 aliphatic carbocycles. The van der Waals surface area contributed by atoms with Crippen molar-refractivity contribution in [1.82, 2.24) is 5.32 Å². The topological polar surface area (TPSA) is 45.0 Å². The quantitative estimate of drug-likeness (QED) is 0.558. The zero-order chi connectivity index (χ0) is 9.07. The Morgan fingerprint density at radius 2 is 2.08 bits per heavy atom. The van der Waals surface area contributed by atoms with Gasteiger partial charge in [0.15, 0.2) is 0 Å². The van der Waals surface area contributed by atoms with Gasteiger partial charge in [0.1, 0.15) is 0 Å². The molecule has 12 heavy (non-hydrogen) atoms. The van der Waals surface area contributed by atoms with Crippen molar-refractivity contribution in [3.8, 4) is 6.07 Å². The normalized spacial score (nSPS) is 9.67. The number of unbranched alkanes of at least 4 members (excludes halogenated alkanes) is 2. The van der Waals surface area contributed by atoms with Crippen LogP contribution in [-0.4, -0.2) is 26.8 Å². The fourth-order valence-corrected chi connectivity index (χ4v) is 0.942. The first-order valence-electron chi connectivity index (χ1n) is 4.48. The number of hydrogen-bond acceptors (Lipinski definition) is 3. The molecule has 70 valence electrons. The number of ether oxygens (including phenoxy) is 1. The predicted octanol–water partition coefficient (Wildman–Crippen LogP) is 1.31. The number of nitriles is 1. The fourth-order valence-electron chi connectivity index (χ4n) is 0.942.